The molecule has 1 amide bonds. The minimum atomic E-state index is -0.452. The van der Waals surface area contributed by atoms with Crippen LogP contribution in [0.4, 0.5) is 0 Å². The molecular weight excluding hydrogens is 280 g/mol. The largest absolute Gasteiger partial charge is 0.334 e. The minimum Gasteiger partial charge on any atom is -0.334 e. The number of amides is 1. The molecule has 21 heavy (non-hydrogen) atoms. The maximum Gasteiger partial charge on any atom is 0.240 e. The first-order valence-electron chi connectivity index (χ1n) is 7.38. The second-order valence-electron chi connectivity index (χ2n) is 5.54. The average Bonchev–Trinajstić information content (AvgIpc) is 3.18. The van der Waals surface area contributed by atoms with E-state index in [-0.39, 0.29) is 11.9 Å². The summed E-state index contributed by atoms with van der Waals surface area (Å²) in [5, 5.41) is 4.21. The van der Waals surface area contributed by atoms with Crippen molar-refractivity contribution in [1.29, 1.82) is 0 Å². The van der Waals surface area contributed by atoms with Crippen LogP contribution in [0.3, 0.4) is 0 Å². The normalized spacial score (nSPS) is 19.7. The molecule has 1 aliphatic rings. The number of carbonyl (C=O) groups excluding carboxylic acids is 1. The molecule has 2 heterocycles. The van der Waals surface area contributed by atoms with Crippen molar-refractivity contribution in [3.05, 3.63) is 58.3 Å². The van der Waals surface area contributed by atoms with Gasteiger partial charge in [0.25, 0.3) is 0 Å². The first kappa shape index (κ1) is 14.3. The van der Waals surface area contributed by atoms with Crippen molar-refractivity contribution in [2.45, 2.75) is 31.3 Å². The number of thiophene rings is 1. The lowest BCUT2D eigenvalue weighted by Crippen LogP contribution is -2.44. The van der Waals surface area contributed by atoms with Crippen molar-refractivity contribution in [3.63, 3.8) is 0 Å². The molecule has 2 atom stereocenters. The van der Waals surface area contributed by atoms with Gasteiger partial charge in [0.05, 0.1) is 12.1 Å². The summed E-state index contributed by atoms with van der Waals surface area (Å²) in [5.74, 6) is 0.0764. The summed E-state index contributed by atoms with van der Waals surface area (Å²) >= 11 is 1.68. The summed E-state index contributed by atoms with van der Waals surface area (Å²) in [6, 6.07) is 11.9. The quantitative estimate of drug-likeness (QED) is 0.943. The maximum absolute atomic E-state index is 12.7. The van der Waals surface area contributed by atoms with Crippen LogP contribution in [0.1, 0.15) is 30.0 Å². The highest BCUT2D eigenvalue weighted by atomic mass is 32.1. The van der Waals surface area contributed by atoms with Gasteiger partial charge in [0.15, 0.2) is 0 Å². The van der Waals surface area contributed by atoms with Crippen molar-refractivity contribution in [1.82, 2.24) is 4.90 Å². The summed E-state index contributed by atoms with van der Waals surface area (Å²) in [6.07, 6.45) is 2.71. The van der Waals surface area contributed by atoms with Gasteiger partial charge in [-0.25, -0.2) is 0 Å². The Bertz CT molecular complexity index is 582. The van der Waals surface area contributed by atoms with Crippen LogP contribution >= 0.6 is 11.3 Å². The van der Waals surface area contributed by atoms with Gasteiger partial charge >= 0.3 is 0 Å². The van der Waals surface area contributed by atoms with Crippen LogP contribution in [0.15, 0.2) is 47.2 Å². The highest BCUT2D eigenvalue weighted by Gasteiger charge is 2.32. The molecule has 1 aromatic heterocycles. The molecule has 3 nitrogen and oxygen atoms in total. The highest BCUT2D eigenvalue weighted by molar-refractivity contribution is 7.07. The summed E-state index contributed by atoms with van der Waals surface area (Å²) < 4.78 is 0. The van der Waals surface area contributed by atoms with Gasteiger partial charge < -0.3 is 10.6 Å². The van der Waals surface area contributed by atoms with E-state index in [1.165, 1.54) is 5.56 Å². The smallest absolute Gasteiger partial charge is 0.240 e. The standard InChI is InChI=1S/C17H20N2OS/c18-15(11-13-5-2-1-3-6-13)17(20)19-9-4-7-16(19)14-8-10-21-12-14/h1-3,5-6,8,10,12,15-16H,4,7,9,11,18H2. The Labute approximate surface area is 129 Å². The van der Waals surface area contributed by atoms with E-state index in [2.05, 4.69) is 16.8 Å². The van der Waals surface area contributed by atoms with E-state index in [0.717, 1.165) is 24.9 Å². The SMILES string of the molecule is NC(Cc1ccccc1)C(=O)N1CCCC1c1ccsc1. The molecule has 2 aromatic rings. The zero-order chi connectivity index (χ0) is 14.7. The monoisotopic (exact) mass is 300 g/mol. The third-order valence-electron chi connectivity index (χ3n) is 4.08. The predicted molar refractivity (Wildman–Crippen MR) is 86.1 cm³/mol. The Morgan fingerprint density at radius 1 is 1.33 bits per heavy atom. The van der Waals surface area contributed by atoms with Gasteiger partial charge in [-0.3, -0.25) is 4.79 Å². The molecule has 4 heteroatoms. The predicted octanol–water partition coefficient (Wildman–Crippen LogP) is 2.98. The first-order chi connectivity index (χ1) is 10.3. The highest BCUT2D eigenvalue weighted by Crippen LogP contribution is 2.33. The van der Waals surface area contributed by atoms with Crippen molar-refractivity contribution in [2.75, 3.05) is 6.54 Å². The fourth-order valence-electron chi connectivity index (χ4n) is 3.01. The second kappa shape index (κ2) is 6.41. The number of rotatable bonds is 4. The third kappa shape index (κ3) is 3.17. The van der Waals surface area contributed by atoms with Crippen molar-refractivity contribution >= 4 is 17.2 Å². The van der Waals surface area contributed by atoms with Crippen LogP contribution in [0.5, 0.6) is 0 Å². The van der Waals surface area contributed by atoms with E-state index in [1.807, 2.05) is 35.2 Å². The third-order valence-corrected chi connectivity index (χ3v) is 4.78. The number of hydrogen-bond acceptors (Lipinski definition) is 3. The van der Waals surface area contributed by atoms with Gasteiger partial charge in [-0.15, -0.1) is 0 Å². The Kier molecular flexibility index (Phi) is 4.36. The number of carbonyl (C=O) groups is 1. The molecular formula is C17H20N2OS. The number of likely N-dealkylation sites (tertiary alicyclic amines) is 1. The van der Waals surface area contributed by atoms with E-state index in [4.69, 9.17) is 5.73 Å². The lowest BCUT2D eigenvalue weighted by Gasteiger charge is -2.27. The number of hydrogen-bond donors (Lipinski definition) is 1. The molecule has 2 N–H and O–H groups in total. The van der Waals surface area contributed by atoms with Crippen LogP contribution in [-0.2, 0) is 11.2 Å². The average molecular weight is 300 g/mol. The van der Waals surface area contributed by atoms with Gasteiger partial charge in [0.1, 0.15) is 0 Å². The maximum atomic E-state index is 12.7. The molecule has 1 fully saturated rings. The fraction of sp³-hybridized carbons (Fsp3) is 0.353. The van der Waals surface area contributed by atoms with Gasteiger partial charge in [-0.05, 0) is 47.2 Å². The van der Waals surface area contributed by atoms with E-state index >= 15 is 0 Å². The molecule has 110 valence electrons. The Balaban J connectivity index is 1.69. The lowest BCUT2D eigenvalue weighted by atomic mass is 10.0. The lowest BCUT2D eigenvalue weighted by molar-refractivity contribution is -0.133. The van der Waals surface area contributed by atoms with E-state index < -0.39 is 6.04 Å². The van der Waals surface area contributed by atoms with Gasteiger partial charge in [-0.2, -0.15) is 11.3 Å². The Hall–Kier alpha value is -1.65. The summed E-state index contributed by atoms with van der Waals surface area (Å²) in [5.41, 5.74) is 8.52. The molecule has 0 aliphatic carbocycles. The molecule has 0 bridgehead atoms. The summed E-state index contributed by atoms with van der Waals surface area (Å²) in [7, 11) is 0. The van der Waals surface area contributed by atoms with Crippen LogP contribution in [-0.4, -0.2) is 23.4 Å². The van der Waals surface area contributed by atoms with Crippen LogP contribution in [0.2, 0.25) is 0 Å². The zero-order valence-electron chi connectivity index (χ0n) is 11.9. The molecule has 2 unspecified atom stereocenters. The van der Waals surface area contributed by atoms with Crippen molar-refractivity contribution in [2.24, 2.45) is 5.73 Å². The summed E-state index contributed by atoms with van der Waals surface area (Å²) in [6.45, 7) is 0.821. The van der Waals surface area contributed by atoms with Crippen LogP contribution in [0.25, 0.3) is 0 Å². The molecule has 1 saturated heterocycles. The first-order valence-corrected chi connectivity index (χ1v) is 8.32. The summed E-state index contributed by atoms with van der Waals surface area (Å²) in [4.78, 5) is 14.6. The Morgan fingerprint density at radius 2 is 2.14 bits per heavy atom. The number of benzene rings is 1. The molecule has 0 saturated carbocycles. The van der Waals surface area contributed by atoms with Crippen molar-refractivity contribution < 1.29 is 4.79 Å². The van der Waals surface area contributed by atoms with Crippen LogP contribution < -0.4 is 5.73 Å². The number of nitrogens with zero attached hydrogens (tertiary/aromatic N) is 1. The van der Waals surface area contributed by atoms with E-state index in [0.29, 0.717) is 6.42 Å². The second-order valence-corrected chi connectivity index (χ2v) is 6.32. The van der Waals surface area contributed by atoms with E-state index in [1.54, 1.807) is 11.3 Å². The zero-order valence-corrected chi connectivity index (χ0v) is 12.8. The molecule has 0 radical (unpaired) electrons. The Morgan fingerprint density at radius 3 is 2.86 bits per heavy atom. The van der Waals surface area contributed by atoms with Gasteiger partial charge in [-0.1, -0.05) is 30.3 Å². The van der Waals surface area contributed by atoms with Gasteiger partial charge in [0, 0.05) is 6.54 Å². The van der Waals surface area contributed by atoms with Crippen LogP contribution in [0, 0.1) is 0 Å². The fourth-order valence-corrected chi connectivity index (χ4v) is 3.72. The van der Waals surface area contributed by atoms with E-state index in [9.17, 15) is 4.79 Å². The number of nitrogens with two attached hydrogens (primary N) is 1. The van der Waals surface area contributed by atoms with Crippen molar-refractivity contribution in [3.8, 4) is 0 Å². The van der Waals surface area contributed by atoms with Gasteiger partial charge in [0.2, 0.25) is 5.91 Å². The minimum absolute atomic E-state index is 0.0764. The molecule has 0 spiro atoms. The molecule has 1 aliphatic heterocycles. The topological polar surface area (TPSA) is 46.3 Å². The molecule has 1 aromatic carbocycles. The molecule has 3 rings (SSSR count).